The van der Waals surface area contributed by atoms with Crippen molar-refractivity contribution < 1.29 is 23.6 Å². The van der Waals surface area contributed by atoms with Crippen molar-refractivity contribution in [3.05, 3.63) is 47.2 Å². The molecule has 138 valence electrons. The smallest absolute Gasteiger partial charge is 0.316 e. The van der Waals surface area contributed by atoms with E-state index in [-0.39, 0.29) is 23.2 Å². The van der Waals surface area contributed by atoms with Gasteiger partial charge in [0.1, 0.15) is 5.76 Å². The van der Waals surface area contributed by atoms with E-state index < -0.39 is 12.1 Å². The highest BCUT2D eigenvalue weighted by Gasteiger charge is 2.19. The van der Waals surface area contributed by atoms with Crippen LogP contribution in [-0.2, 0) is 14.3 Å². The van der Waals surface area contributed by atoms with Crippen LogP contribution in [0.1, 0.15) is 28.6 Å². The lowest BCUT2D eigenvalue weighted by atomic mass is 10.1. The number of thioether (sulfide) groups is 1. The number of ketones is 1. The van der Waals surface area contributed by atoms with Crippen LogP contribution in [0.3, 0.4) is 0 Å². The van der Waals surface area contributed by atoms with Gasteiger partial charge in [-0.2, -0.15) is 0 Å². The Balaban J connectivity index is 1.71. The van der Waals surface area contributed by atoms with Crippen molar-refractivity contribution in [3.8, 4) is 0 Å². The molecular weight excluding hydrogens is 356 g/mol. The van der Waals surface area contributed by atoms with Crippen LogP contribution in [0.5, 0.6) is 0 Å². The molecule has 0 unspecified atom stereocenters. The summed E-state index contributed by atoms with van der Waals surface area (Å²) < 4.78 is 9.97. The molecule has 1 atom stereocenters. The fourth-order valence-corrected chi connectivity index (χ4v) is 2.66. The lowest BCUT2D eigenvalue weighted by Crippen LogP contribution is -2.25. The number of amides is 1. The van der Waals surface area contributed by atoms with Gasteiger partial charge in [-0.3, -0.25) is 14.4 Å². The number of nitrogens with one attached hydrogen (secondary N) is 1. The summed E-state index contributed by atoms with van der Waals surface area (Å²) in [6, 6.07) is 8.65. The summed E-state index contributed by atoms with van der Waals surface area (Å²) in [7, 11) is 0. The van der Waals surface area contributed by atoms with E-state index in [2.05, 4.69) is 10.5 Å². The minimum absolute atomic E-state index is 0.0310. The van der Waals surface area contributed by atoms with Crippen LogP contribution in [-0.4, -0.2) is 40.4 Å². The zero-order chi connectivity index (χ0) is 19.1. The van der Waals surface area contributed by atoms with Gasteiger partial charge in [0.2, 0.25) is 11.7 Å². The second kappa shape index (κ2) is 9.19. The Morgan fingerprint density at radius 3 is 2.50 bits per heavy atom. The van der Waals surface area contributed by atoms with Crippen LogP contribution >= 0.6 is 11.8 Å². The van der Waals surface area contributed by atoms with E-state index in [1.165, 1.54) is 6.92 Å². The molecule has 2 aromatic rings. The Bertz CT molecular complexity index is 785. The molecule has 8 heteroatoms. The fraction of sp³-hybridized carbons (Fsp3) is 0.333. The minimum atomic E-state index is -0.877. The lowest BCUT2D eigenvalue weighted by Gasteiger charge is -2.12. The van der Waals surface area contributed by atoms with Crippen LogP contribution < -0.4 is 5.32 Å². The average Bonchev–Trinajstić information content (AvgIpc) is 2.99. The molecule has 1 amide bonds. The van der Waals surface area contributed by atoms with Crippen molar-refractivity contribution in [1.82, 2.24) is 5.16 Å². The van der Waals surface area contributed by atoms with E-state index in [0.29, 0.717) is 17.1 Å². The largest absolute Gasteiger partial charge is 0.454 e. The zero-order valence-corrected chi connectivity index (χ0v) is 15.6. The number of nitrogens with zero attached hydrogens (tertiary/aromatic N) is 1. The highest BCUT2D eigenvalue weighted by Crippen LogP contribution is 2.11. The first-order valence-corrected chi connectivity index (χ1v) is 9.12. The minimum Gasteiger partial charge on any atom is -0.454 e. The van der Waals surface area contributed by atoms with Crippen molar-refractivity contribution in [2.45, 2.75) is 26.9 Å². The Kier molecular flexibility index (Phi) is 6.97. The van der Waals surface area contributed by atoms with E-state index in [4.69, 9.17) is 9.26 Å². The second-order valence-corrected chi connectivity index (χ2v) is 6.71. The molecular formula is C18H20N2O5S. The predicted octanol–water partition coefficient (Wildman–Crippen LogP) is 2.78. The molecule has 0 aliphatic heterocycles. The van der Waals surface area contributed by atoms with E-state index in [0.717, 1.165) is 17.3 Å². The third kappa shape index (κ3) is 6.03. The molecule has 2 rings (SSSR count). The number of carbonyl (C=O) groups is 3. The van der Waals surface area contributed by atoms with Crippen molar-refractivity contribution in [1.29, 1.82) is 0 Å². The first-order chi connectivity index (χ1) is 12.3. The Hall–Kier alpha value is -2.61. The number of esters is 1. The summed E-state index contributed by atoms with van der Waals surface area (Å²) in [6.07, 6.45) is -0.877. The normalized spacial score (nSPS) is 11.7. The van der Waals surface area contributed by atoms with Crippen LogP contribution in [0.15, 0.2) is 34.9 Å². The molecule has 1 heterocycles. The third-order valence-electron chi connectivity index (χ3n) is 3.36. The van der Waals surface area contributed by atoms with Gasteiger partial charge >= 0.3 is 5.97 Å². The van der Waals surface area contributed by atoms with Gasteiger partial charge in [0, 0.05) is 11.6 Å². The quantitative estimate of drug-likeness (QED) is 0.559. The number of hydrogen-bond acceptors (Lipinski definition) is 7. The molecule has 7 nitrogen and oxygen atoms in total. The van der Waals surface area contributed by atoms with Crippen molar-refractivity contribution in [2.24, 2.45) is 0 Å². The molecule has 0 saturated carbocycles. The third-order valence-corrected chi connectivity index (χ3v) is 4.27. The summed E-state index contributed by atoms with van der Waals surface area (Å²) in [6.45, 7) is 5.17. The number of benzene rings is 1. The average molecular weight is 376 g/mol. The monoisotopic (exact) mass is 376 g/mol. The van der Waals surface area contributed by atoms with E-state index in [1.807, 2.05) is 19.1 Å². The van der Waals surface area contributed by atoms with Gasteiger partial charge in [0.25, 0.3) is 0 Å². The number of rotatable bonds is 8. The molecule has 1 N–H and O–H groups in total. The first kappa shape index (κ1) is 19.7. The van der Waals surface area contributed by atoms with Gasteiger partial charge < -0.3 is 14.6 Å². The second-order valence-electron chi connectivity index (χ2n) is 5.73. The highest BCUT2D eigenvalue weighted by atomic mass is 32.2. The molecule has 0 aliphatic rings. The summed E-state index contributed by atoms with van der Waals surface area (Å²) >= 11 is 1.09. The van der Waals surface area contributed by atoms with Gasteiger partial charge in [-0.25, -0.2) is 0 Å². The van der Waals surface area contributed by atoms with Crippen LogP contribution in [0.2, 0.25) is 0 Å². The van der Waals surface area contributed by atoms with Gasteiger partial charge in [-0.05, 0) is 20.8 Å². The van der Waals surface area contributed by atoms with Gasteiger partial charge in [-0.15, -0.1) is 11.8 Å². The molecule has 0 fully saturated rings. The van der Waals surface area contributed by atoms with Crippen LogP contribution in [0, 0.1) is 13.8 Å². The van der Waals surface area contributed by atoms with E-state index in [1.54, 1.807) is 25.1 Å². The number of ether oxygens (including phenoxy) is 1. The standard InChI is InChI=1S/C18H20N2O5S/c1-11-4-6-14(7-5-11)18(23)13(3)24-17(22)10-26-9-16(21)19-15-8-12(2)25-20-15/h4-8,13H,9-10H2,1-3H3,(H,19,20,21)/t13-/m1/s1. The SMILES string of the molecule is Cc1ccc(C(=O)[C@@H](C)OC(=O)CSCC(=O)Nc2cc(C)on2)cc1. The van der Waals surface area contributed by atoms with Gasteiger partial charge in [0.15, 0.2) is 11.9 Å². The Labute approximate surface area is 155 Å². The van der Waals surface area contributed by atoms with Crippen LogP contribution in [0.25, 0.3) is 0 Å². The lowest BCUT2D eigenvalue weighted by molar-refractivity contribution is -0.143. The van der Waals surface area contributed by atoms with Crippen molar-refractivity contribution >= 4 is 35.2 Å². The molecule has 0 aliphatic carbocycles. The fourth-order valence-electron chi connectivity index (χ4n) is 2.07. The molecule has 1 aromatic carbocycles. The molecule has 0 saturated heterocycles. The zero-order valence-electron chi connectivity index (χ0n) is 14.8. The maximum Gasteiger partial charge on any atom is 0.316 e. The topological polar surface area (TPSA) is 98.5 Å². The number of anilines is 1. The number of aryl methyl sites for hydroxylation is 2. The predicted molar refractivity (Wildman–Crippen MR) is 98.3 cm³/mol. The van der Waals surface area contributed by atoms with Crippen molar-refractivity contribution in [2.75, 3.05) is 16.8 Å². The van der Waals surface area contributed by atoms with E-state index in [9.17, 15) is 14.4 Å². The molecule has 26 heavy (non-hydrogen) atoms. The number of Topliss-reactive ketones (excluding diaryl/α,β-unsaturated/α-hetero) is 1. The summed E-state index contributed by atoms with van der Waals surface area (Å²) in [5.74, 6) is -0.176. The summed E-state index contributed by atoms with van der Waals surface area (Å²) in [5.41, 5.74) is 1.53. The molecule has 0 bridgehead atoms. The number of carbonyl (C=O) groups excluding carboxylic acids is 3. The Morgan fingerprint density at radius 1 is 1.19 bits per heavy atom. The maximum atomic E-state index is 12.2. The Morgan fingerprint density at radius 2 is 1.88 bits per heavy atom. The number of aromatic nitrogens is 1. The number of hydrogen-bond donors (Lipinski definition) is 1. The van der Waals surface area contributed by atoms with E-state index >= 15 is 0 Å². The highest BCUT2D eigenvalue weighted by molar-refractivity contribution is 8.00. The molecule has 0 radical (unpaired) electrons. The van der Waals surface area contributed by atoms with Gasteiger partial charge in [-0.1, -0.05) is 35.0 Å². The molecule has 1 aromatic heterocycles. The van der Waals surface area contributed by atoms with Crippen molar-refractivity contribution in [3.63, 3.8) is 0 Å². The van der Waals surface area contributed by atoms with Gasteiger partial charge in [0.05, 0.1) is 11.5 Å². The summed E-state index contributed by atoms with van der Waals surface area (Å²) in [4.78, 5) is 35.8. The first-order valence-electron chi connectivity index (χ1n) is 7.96. The maximum absolute atomic E-state index is 12.2. The summed E-state index contributed by atoms with van der Waals surface area (Å²) in [5, 5.41) is 6.20. The van der Waals surface area contributed by atoms with Crippen LogP contribution in [0.4, 0.5) is 5.82 Å². The molecule has 0 spiro atoms.